The zero-order chi connectivity index (χ0) is 17.2. The van der Waals surface area contributed by atoms with E-state index in [0.29, 0.717) is 23.4 Å². The highest BCUT2D eigenvalue weighted by molar-refractivity contribution is 5.73. The maximum atomic E-state index is 13.1. The molecule has 25 heavy (non-hydrogen) atoms. The second-order valence-corrected chi connectivity index (χ2v) is 5.94. The molecule has 1 aromatic carbocycles. The molecule has 1 saturated heterocycles. The lowest BCUT2D eigenvalue weighted by atomic mass is 10.1. The van der Waals surface area contributed by atoms with Crippen molar-refractivity contribution in [3.8, 4) is 17.3 Å². The minimum Gasteiger partial charge on any atom is -0.467 e. The highest BCUT2D eigenvalue weighted by atomic mass is 16.5. The van der Waals surface area contributed by atoms with Crippen LogP contribution in [-0.4, -0.2) is 39.3 Å². The molecule has 1 atom stereocenters. The maximum Gasteiger partial charge on any atom is 0.318 e. The Balaban J connectivity index is 1.93. The van der Waals surface area contributed by atoms with Gasteiger partial charge in [-0.2, -0.15) is 4.98 Å². The van der Waals surface area contributed by atoms with Gasteiger partial charge in [0, 0.05) is 12.2 Å². The van der Waals surface area contributed by atoms with E-state index in [0.717, 1.165) is 25.0 Å². The van der Waals surface area contributed by atoms with Crippen LogP contribution in [0.3, 0.4) is 0 Å². The number of fused-ring (bicyclic) bond motifs is 1. The normalized spacial score (nSPS) is 17.1. The van der Waals surface area contributed by atoms with Gasteiger partial charge < -0.3 is 9.47 Å². The summed E-state index contributed by atoms with van der Waals surface area (Å²) in [4.78, 5) is 26.1. The van der Waals surface area contributed by atoms with Gasteiger partial charge in [0.1, 0.15) is 11.2 Å². The molecule has 0 unspecified atom stereocenters. The molecule has 0 saturated carbocycles. The van der Waals surface area contributed by atoms with Crippen molar-refractivity contribution in [2.75, 3.05) is 13.7 Å². The van der Waals surface area contributed by atoms with Gasteiger partial charge in [0.25, 0.3) is 5.56 Å². The third kappa shape index (κ3) is 2.98. The number of ether oxygens (including phenoxy) is 2. The van der Waals surface area contributed by atoms with Gasteiger partial charge in [0.2, 0.25) is 0 Å². The summed E-state index contributed by atoms with van der Waals surface area (Å²) in [5.41, 5.74) is 1.99. The minimum atomic E-state index is -0.185. The fourth-order valence-corrected chi connectivity index (χ4v) is 3.06. The summed E-state index contributed by atoms with van der Waals surface area (Å²) in [6, 6.07) is 9.63. The van der Waals surface area contributed by atoms with Crippen molar-refractivity contribution in [3.63, 3.8) is 0 Å². The third-order valence-corrected chi connectivity index (χ3v) is 4.30. The number of methoxy groups -OCH3 is 1. The van der Waals surface area contributed by atoms with Crippen molar-refractivity contribution in [1.29, 1.82) is 0 Å². The van der Waals surface area contributed by atoms with Gasteiger partial charge in [-0.25, -0.2) is 9.97 Å². The Morgan fingerprint density at radius 3 is 2.84 bits per heavy atom. The molecule has 4 rings (SSSR count). The first-order valence-electron chi connectivity index (χ1n) is 8.25. The second kappa shape index (κ2) is 6.60. The molecule has 1 fully saturated rings. The fourth-order valence-electron chi connectivity index (χ4n) is 3.06. The van der Waals surface area contributed by atoms with Crippen LogP contribution in [0.25, 0.3) is 22.4 Å². The molecule has 2 aromatic heterocycles. The Labute approximate surface area is 144 Å². The van der Waals surface area contributed by atoms with E-state index in [2.05, 4.69) is 15.0 Å². The van der Waals surface area contributed by atoms with E-state index in [1.54, 1.807) is 10.8 Å². The lowest BCUT2D eigenvalue weighted by molar-refractivity contribution is 0.0970. The summed E-state index contributed by atoms with van der Waals surface area (Å²) in [5, 5.41) is 0. The van der Waals surface area contributed by atoms with Gasteiger partial charge in [0.15, 0.2) is 5.65 Å². The summed E-state index contributed by atoms with van der Waals surface area (Å²) in [6.07, 6.45) is 3.53. The van der Waals surface area contributed by atoms with E-state index in [1.165, 1.54) is 7.11 Å². The van der Waals surface area contributed by atoms with E-state index in [4.69, 9.17) is 9.47 Å². The van der Waals surface area contributed by atoms with Gasteiger partial charge in [-0.1, -0.05) is 30.3 Å². The van der Waals surface area contributed by atoms with Gasteiger partial charge in [-0.15, -0.1) is 0 Å². The molecular weight excluding hydrogens is 320 g/mol. The van der Waals surface area contributed by atoms with Gasteiger partial charge in [0.05, 0.1) is 26.0 Å². The lowest BCUT2D eigenvalue weighted by Gasteiger charge is -2.15. The van der Waals surface area contributed by atoms with Crippen LogP contribution in [0.4, 0.5) is 0 Å². The van der Waals surface area contributed by atoms with E-state index >= 15 is 0 Å². The smallest absolute Gasteiger partial charge is 0.318 e. The summed E-state index contributed by atoms with van der Waals surface area (Å²) in [7, 11) is 1.50. The van der Waals surface area contributed by atoms with E-state index in [9.17, 15) is 4.79 Å². The average molecular weight is 338 g/mol. The number of hydrogen-bond acceptors (Lipinski definition) is 6. The quantitative estimate of drug-likeness (QED) is 0.724. The first kappa shape index (κ1) is 15.7. The number of hydrogen-bond donors (Lipinski definition) is 0. The molecule has 0 spiro atoms. The topological polar surface area (TPSA) is 79.1 Å². The average Bonchev–Trinajstić information content (AvgIpc) is 3.17. The third-order valence-electron chi connectivity index (χ3n) is 4.30. The lowest BCUT2D eigenvalue weighted by Crippen LogP contribution is -2.29. The molecule has 7 heteroatoms. The van der Waals surface area contributed by atoms with Crippen LogP contribution in [0.5, 0.6) is 6.01 Å². The summed E-state index contributed by atoms with van der Waals surface area (Å²) >= 11 is 0. The molecule has 0 bridgehead atoms. The van der Waals surface area contributed by atoms with Gasteiger partial charge in [-0.05, 0) is 12.8 Å². The number of aromatic nitrogens is 4. The Morgan fingerprint density at radius 1 is 1.28 bits per heavy atom. The van der Waals surface area contributed by atoms with Crippen LogP contribution in [0.1, 0.15) is 12.8 Å². The first-order valence-corrected chi connectivity index (χ1v) is 8.25. The predicted octanol–water partition coefficient (Wildman–Crippen LogP) is 2.04. The van der Waals surface area contributed by atoms with Crippen LogP contribution in [0, 0.1) is 0 Å². The number of nitrogens with zero attached hydrogens (tertiary/aromatic N) is 4. The molecule has 0 amide bonds. The SMILES string of the molecule is COc1ncc2nc(-c3ccccc3)c(=O)n(C[C@H]3CCCO3)c2n1. The Morgan fingerprint density at radius 2 is 2.12 bits per heavy atom. The van der Waals surface area contributed by atoms with Gasteiger partial charge in [-0.3, -0.25) is 9.36 Å². The molecule has 1 aliphatic rings. The largest absolute Gasteiger partial charge is 0.467 e. The second-order valence-electron chi connectivity index (χ2n) is 5.94. The van der Waals surface area contributed by atoms with Crippen LogP contribution in [0.15, 0.2) is 41.3 Å². The number of benzene rings is 1. The molecule has 0 aliphatic carbocycles. The van der Waals surface area contributed by atoms with Crippen molar-refractivity contribution in [2.45, 2.75) is 25.5 Å². The predicted molar refractivity (Wildman–Crippen MR) is 92.6 cm³/mol. The molecule has 0 N–H and O–H groups in total. The highest BCUT2D eigenvalue weighted by Crippen LogP contribution is 2.20. The van der Waals surface area contributed by atoms with Crippen molar-refractivity contribution in [2.24, 2.45) is 0 Å². The van der Waals surface area contributed by atoms with Crippen LogP contribution in [0.2, 0.25) is 0 Å². The van der Waals surface area contributed by atoms with Crippen LogP contribution >= 0.6 is 0 Å². The standard InChI is InChI=1S/C18H18N4O3/c1-24-18-19-10-14-16(21-18)22(11-13-8-5-9-25-13)17(23)15(20-14)12-6-3-2-4-7-12/h2-4,6-7,10,13H,5,8-9,11H2,1H3/t13-/m1/s1. The van der Waals surface area contributed by atoms with E-state index in [1.807, 2.05) is 30.3 Å². The van der Waals surface area contributed by atoms with E-state index in [-0.39, 0.29) is 17.7 Å². The first-order chi connectivity index (χ1) is 12.3. The Kier molecular flexibility index (Phi) is 4.15. The van der Waals surface area contributed by atoms with Crippen molar-refractivity contribution in [3.05, 3.63) is 46.9 Å². The van der Waals surface area contributed by atoms with Crippen LogP contribution < -0.4 is 10.3 Å². The Hall–Kier alpha value is -2.80. The number of rotatable bonds is 4. The van der Waals surface area contributed by atoms with E-state index < -0.39 is 0 Å². The molecular formula is C18H18N4O3. The summed E-state index contributed by atoms with van der Waals surface area (Å²) in [6.45, 7) is 1.17. The zero-order valence-electron chi connectivity index (χ0n) is 13.9. The molecule has 3 aromatic rings. The Bertz CT molecular complexity index is 950. The minimum absolute atomic E-state index is 0.00730. The molecule has 7 nitrogen and oxygen atoms in total. The molecule has 0 radical (unpaired) electrons. The van der Waals surface area contributed by atoms with Crippen molar-refractivity contribution < 1.29 is 9.47 Å². The maximum absolute atomic E-state index is 13.1. The zero-order valence-corrected chi connectivity index (χ0v) is 13.9. The highest BCUT2D eigenvalue weighted by Gasteiger charge is 2.21. The fraction of sp³-hybridized carbons (Fsp3) is 0.333. The summed E-state index contributed by atoms with van der Waals surface area (Å²) in [5.74, 6) is 0. The molecule has 3 heterocycles. The summed E-state index contributed by atoms with van der Waals surface area (Å²) < 4.78 is 12.4. The van der Waals surface area contributed by atoms with Crippen molar-refractivity contribution >= 4 is 11.2 Å². The monoisotopic (exact) mass is 338 g/mol. The molecule has 1 aliphatic heterocycles. The van der Waals surface area contributed by atoms with Crippen molar-refractivity contribution in [1.82, 2.24) is 19.5 Å². The van der Waals surface area contributed by atoms with Crippen LogP contribution in [-0.2, 0) is 11.3 Å². The molecule has 128 valence electrons. The van der Waals surface area contributed by atoms with Gasteiger partial charge >= 0.3 is 6.01 Å².